The summed E-state index contributed by atoms with van der Waals surface area (Å²) in [5.41, 5.74) is 2.29. The van der Waals surface area contributed by atoms with Crippen LogP contribution in [-0.2, 0) is 21.2 Å². The van der Waals surface area contributed by atoms with Crippen LogP contribution in [0.25, 0.3) is 0 Å². The summed E-state index contributed by atoms with van der Waals surface area (Å²) in [6.45, 7) is 0.861. The smallest absolute Gasteiger partial charge is 0.230 e. The Morgan fingerprint density at radius 1 is 1.30 bits per heavy atom. The van der Waals surface area contributed by atoms with Crippen molar-refractivity contribution in [3.8, 4) is 0 Å². The van der Waals surface area contributed by atoms with E-state index in [1.54, 1.807) is 4.90 Å². The number of carbonyl (C=O) groups excluding carboxylic acids is 1. The Labute approximate surface area is 118 Å². The van der Waals surface area contributed by atoms with E-state index < -0.39 is 15.3 Å². The van der Waals surface area contributed by atoms with Crippen LogP contribution in [-0.4, -0.2) is 37.6 Å². The number of primary sulfonamides is 1. The highest BCUT2D eigenvalue weighted by Gasteiger charge is 2.38. The van der Waals surface area contributed by atoms with E-state index >= 15 is 0 Å². The molecule has 1 aromatic carbocycles. The van der Waals surface area contributed by atoms with Gasteiger partial charge in [0.15, 0.2) is 0 Å². The molecule has 2 unspecified atom stereocenters. The fourth-order valence-electron chi connectivity index (χ4n) is 3.11. The summed E-state index contributed by atoms with van der Waals surface area (Å²) in [6, 6.07) is 7.91. The van der Waals surface area contributed by atoms with Crippen LogP contribution >= 0.6 is 0 Å². The van der Waals surface area contributed by atoms with E-state index in [1.165, 1.54) is 5.56 Å². The van der Waals surface area contributed by atoms with E-state index in [0.29, 0.717) is 19.4 Å². The number of hydrogen-bond donors (Lipinski definition) is 1. The first-order chi connectivity index (χ1) is 9.47. The number of sulfonamides is 1. The second kappa shape index (κ2) is 4.86. The molecule has 0 spiro atoms. The summed E-state index contributed by atoms with van der Waals surface area (Å²) in [4.78, 5) is 14.2. The Morgan fingerprint density at radius 2 is 2.05 bits per heavy atom. The van der Waals surface area contributed by atoms with E-state index in [0.717, 1.165) is 12.0 Å². The van der Waals surface area contributed by atoms with Crippen LogP contribution in [0.4, 0.5) is 0 Å². The number of likely N-dealkylation sites (tertiary alicyclic amines) is 1. The first-order valence-corrected chi connectivity index (χ1v) is 8.46. The molecule has 1 heterocycles. The van der Waals surface area contributed by atoms with Gasteiger partial charge in [-0.2, -0.15) is 0 Å². The van der Waals surface area contributed by atoms with Crippen LogP contribution < -0.4 is 5.14 Å². The third kappa shape index (κ3) is 2.33. The van der Waals surface area contributed by atoms with Gasteiger partial charge in [-0.1, -0.05) is 24.3 Å². The lowest BCUT2D eigenvalue weighted by atomic mass is 9.76. The van der Waals surface area contributed by atoms with Gasteiger partial charge in [-0.05, 0) is 30.4 Å². The maximum absolute atomic E-state index is 12.5. The average Bonchev–Trinajstić information content (AvgIpc) is 2.39. The maximum Gasteiger partial charge on any atom is 0.230 e. The highest BCUT2D eigenvalue weighted by molar-refractivity contribution is 7.89. The molecule has 0 bridgehead atoms. The highest BCUT2D eigenvalue weighted by atomic mass is 32.2. The van der Waals surface area contributed by atoms with Gasteiger partial charge in [0.25, 0.3) is 0 Å². The number of amides is 1. The number of rotatable bonds is 2. The van der Waals surface area contributed by atoms with Gasteiger partial charge in [-0.3, -0.25) is 4.79 Å². The molecular weight excluding hydrogens is 276 g/mol. The first-order valence-electron chi connectivity index (χ1n) is 6.85. The lowest BCUT2D eigenvalue weighted by Gasteiger charge is -2.37. The minimum atomic E-state index is -3.56. The van der Waals surface area contributed by atoms with Crippen molar-refractivity contribution in [2.75, 3.05) is 13.1 Å². The van der Waals surface area contributed by atoms with Crippen LogP contribution in [0.2, 0.25) is 0 Å². The van der Waals surface area contributed by atoms with Gasteiger partial charge in [0.2, 0.25) is 15.9 Å². The van der Waals surface area contributed by atoms with E-state index in [2.05, 4.69) is 0 Å². The van der Waals surface area contributed by atoms with E-state index in [-0.39, 0.29) is 18.4 Å². The SMILES string of the molecule is NS(=O)(=O)C1CCCN(C(=O)C2Cc3ccccc32)C1. The van der Waals surface area contributed by atoms with Gasteiger partial charge >= 0.3 is 0 Å². The third-order valence-corrected chi connectivity index (χ3v) is 5.62. The monoisotopic (exact) mass is 294 g/mol. The predicted octanol–water partition coefficient (Wildman–Crippen LogP) is 0.606. The molecule has 1 saturated heterocycles. The Kier molecular flexibility index (Phi) is 3.30. The van der Waals surface area contributed by atoms with Crippen LogP contribution in [0.1, 0.15) is 29.9 Å². The number of nitrogens with zero attached hydrogens (tertiary/aromatic N) is 1. The number of piperidine rings is 1. The average molecular weight is 294 g/mol. The number of nitrogens with two attached hydrogens (primary N) is 1. The van der Waals surface area contributed by atoms with Crippen LogP contribution in [0.3, 0.4) is 0 Å². The second-order valence-corrected chi connectivity index (χ2v) is 7.44. The normalized spacial score (nSPS) is 25.8. The minimum Gasteiger partial charge on any atom is -0.341 e. The minimum absolute atomic E-state index is 0.0389. The van der Waals surface area contributed by atoms with Crippen molar-refractivity contribution in [2.24, 2.45) is 5.14 Å². The highest BCUT2D eigenvalue weighted by Crippen LogP contribution is 2.36. The molecule has 6 heteroatoms. The molecule has 2 atom stereocenters. The first kappa shape index (κ1) is 13.6. The molecule has 108 valence electrons. The quantitative estimate of drug-likeness (QED) is 0.867. The van der Waals surface area contributed by atoms with Crippen molar-refractivity contribution in [2.45, 2.75) is 30.4 Å². The summed E-state index contributed by atoms with van der Waals surface area (Å²) in [7, 11) is -3.56. The van der Waals surface area contributed by atoms with E-state index in [4.69, 9.17) is 5.14 Å². The molecule has 2 aliphatic rings. The van der Waals surface area contributed by atoms with Gasteiger partial charge in [-0.25, -0.2) is 13.6 Å². The largest absolute Gasteiger partial charge is 0.341 e. The van der Waals surface area contributed by atoms with Crippen molar-refractivity contribution in [1.29, 1.82) is 0 Å². The summed E-state index contributed by atoms with van der Waals surface area (Å²) in [5.74, 6) is -0.0671. The van der Waals surface area contributed by atoms with Crippen molar-refractivity contribution >= 4 is 15.9 Å². The molecule has 1 aromatic rings. The molecule has 5 nitrogen and oxygen atoms in total. The van der Waals surface area contributed by atoms with Crippen molar-refractivity contribution in [3.05, 3.63) is 35.4 Å². The van der Waals surface area contributed by atoms with Crippen molar-refractivity contribution in [3.63, 3.8) is 0 Å². The molecule has 0 aromatic heterocycles. The van der Waals surface area contributed by atoms with Gasteiger partial charge in [-0.15, -0.1) is 0 Å². The Bertz CT molecular complexity index is 642. The predicted molar refractivity (Wildman–Crippen MR) is 75.6 cm³/mol. The standard InChI is InChI=1S/C14H18N2O3S/c15-20(18,19)11-5-3-7-16(9-11)14(17)13-8-10-4-1-2-6-12(10)13/h1-2,4,6,11,13H,3,5,7-9H2,(H2,15,18,19). The van der Waals surface area contributed by atoms with Gasteiger partial charge in [0, 0.05) is 13.1 Å². The van der Waals surface area contributed by atoms with Crippen LogP contribution in [0.15, 0.2) is 24.3 Å². The zero-order valence-corrected chi connectivity index (χ0v) is 12.0. The molecule has 1 fully saturated rings. The molecule has 2 N–H and O–H groups in total. The molecule has 1 aliphatic heterocycles. The molecule has 1 amide bonds. The number of benzene rings is 1. The molecule has 20 heavy (non-hydrogen) atoms. The van der Waals surface area contributed by atoms with Crippen molar-refractivity contribution < 1.29 is 13.2 Å². The van der Waals surface area contributed by atoms with E-state index in [1.807, 2.05) is 24.3 Å². The second-order valence-electron chi connectivity index (χ2n) is 5.59. The Hall–Kier alpha value is -1.40. The number of carbonyl (C=O) groups is 1. The summed E-state index contributed by atoms with van der Waals surface area (Å²) in [6.07, 6.45) is 2.00. The zero-order valence-electron chi connectivity index (χ0n) is 11.2. The van der Waals surface area contributed by atoms with Gasteiger partial charge in [0.05, 0.1) is 11.2 Å². The third-order valence-electron chi connectivity index (χ3n) is 4.31. The van der Waals surface area contributed by atoms with Crippen LogP contribution in [0.5, 0.6) is 0 Å². The van der Waals surface area contributed by atoms with Gasteiger partial charge < -0.3 is 4.90 Å². The lowest BCUT2D eigenvalue weighted by molar-refractivity contribution is -0.134. The summed E-state index contributed by atoms with van der Waals surface area (Å²) < 4.78 is 22.9. The molecule has 0 radical (unpaired) electrons. The fourth-order valence-corrected chi connectivity index (χ4v) is 3.99. The number of hydrogen-bond acceptors (Lipinski definition) is 3. The van der Waals surface area contributed by atoms with Gasteiger partial charge in [0.1, 0.15) is 0 Å². The zero-order chi connectivity index (χ0) is 14.3. The molecule has 0 saturated carbocycles. The topological polar surface area (TPSA) is 80.5 Å². The van der Waals surface area contributed by atoms with E-state index in [9.17, 15) is 13.2 Å². The molecule has 3 rings (SSSR count). The molecule has 1 aliphatic carbocycles. The summed E-state index contributed by atoms with van der Waals surface area (Å²) >= 11 is 0. The molecular formula is C14H18N2O3S. The Morgan fingerprint density at radius 3 is 2.75 bits per heavy atom. The number of fused-ring (bicyclic) bond motifs is 1. The van der Waals surface area contributed by atoms with Crippen LogP contribution in [0, 0.1) is 0 Å². The fraction of sp³-hybridized carbons (Fsp3) is 0.500. The lowest BCUT2D eigenvalue weighted by Crippen LogP contribution is -2.49. The Balaban J connectivity index is 1.73. The van der Waals surface area contributed by atoms with Crippen molar-refractivity contribution in [1.82, 2.24) is 4.90 Å². The maximum atomic E-state index is 12.5. The summed E-state index contributed by atoms with van der Waals surface area (Å²) in [5, 5.41) is 4.59.